The van der Waals surface area contributed by atoms with Crippen LogP contribution in [0.3, 0.4) is 0 Å². The van der Waals surface area contributed by atoms with Gasteiger partial charge in [-0.2, -0.15) is 0 Å². The summed E-state index contributed by atoms with van der Waals surface area (Å²) in [4.78, 5) is 6.71. The summed E-state index contributed by atoms with van der Waals surface area (Å²) in [5.41, 5.74) is 8.13. The van der Waals surface area contributed by atoms with Crippen LogP contribution >= 0.6 is 0 Å². The standard InChI is InChI=1S/C20H23N3O/c21-12-14-23(13-11-17-7-3-1-4-8-17)16-20-22-15-19(24-20)18-9-5-2-6-10-18/h1-10,15H,11-14,16,21H2. The summed E-state index contributed by atoms with van der Waals surface area (Å²) in [7, 11) is 0. The third-order valence-electron chi connectivity index (χ3n) is 3.98. The van der Waals surface area contributed by atoms with Gasteiger partial charge in [0.05, 0.1) is 12.7 Å². The first-order chi connectivity index (χ1) is 11.8. The molecule has 1 aromatic heterocycles. The van der Waals surface area contributed by atoms with E-state index in [1.54, 1.807) is 6.20 Å². The first-order valence-corrected chi connectivity index (χ1v) is 8.31. The summed E-state index contributed by atoms with van der Waals surface area (Å²) in [6.07, 6.45) is 2.79. The van der Waals surface area contributed by atoms with Crippen molar-refractivity contribution in [2.24, 2.45) is 5.73 Å². The van der Waals surface area contributed by atoms with Gasteiger partial charge in [-0.05, 0) is 12.0 Å². The Morgan fingerprint density at radius 1 is 0.917 bits per heavy atom. The fraction of sp³-hybridized carbons (Fsp3) is 0.250. The average Bonchev–Trinajstić information content (AvgIpc) is 3.10. The van der Waals surface area contributed by atoms with Crippen molar-refractivity contribution in [2.75, 3.05) is 19.6 Å². The molecular formula is C20H23N3O. The predicted octanol–water partition coefficient (Wildman–Crippen LogP) is 3.35. The fourth-order valence-corrected chi connectivity index (χ4v) is 2.69. The van der Waals surface area contributed by atoms with Crippen molar-refractivity contribution >= 4 is 0 Å². The van der Waals surface area contributed by atoms with Crippen LogP contribution in [0.25, 0.3) is 11.3 Å². The van der Waals surface area contributed by atoms with Crippen LogP contribution in [0.1, 0.15) is 11.5 Å². The summed E-state index contributed by atoms with van der Waals surface area (Å²) in [6.45, 7) is 3.07. The molecule has 1 heterocycles. The van der Waals surface area contributed by atoms with Crippen LogP contribution < -0.4 is 5.73 Å². The second-order valence-corrected chi connectivity index (χ2v) is 5.78. The summed E-state index contributed by atoms with van der Waals surface area (Å²) >= 11 is 0. The summed E-state index contributed by atoms with van der Waals surface area (Å²) < 4.78 is 5.90. The minimum absolute atomic E-state index is 0.626. The number of hydrogen-bond acceptors (Lipinski definition) is 4. The molecule has 0 aliphatic carbocycles. The number of nitrogens with zero attached hydrogens (tertiary/aromatic N) is 2. The second-order valence-electron chi connectivity index (χ2n) is 5.78. The largest absolute Gasteiger partial charge is 0.439 e. The minimum atomic E-state index is 0.626. The number of aromatic nitrogens is 1. The molecular weight excluding hydrogens is 298 g/mol. The molecule has 0 atom stereocenters. The van der Waals surface area contributed by atoms with Gasteiger partial charge in [0.2, 0.25) is 5.89 Å². The molecule has 3 rings (SSSR count). The van der Waals surface area contributed by atoms with E-state index in [2.05, 4.69) is 34.1 Å². The lowest BCUT2D eigenvalue weighted by molar-refractivity contribution is 0.249. The summed E-state index contributed by atoms with van der Waals surface area (Å²) in [5, 5.41) is 0. The van der Waals surface area contributed by atoms with Gasteiger partial charge in [-0.1, -0.05) is 60.7 Å². The zero-order chi connectivity index (χ0) is 16.6. The highest BCUT2D eigenvalue weighted by atomic mass is 16.4. The second kappa shape index (κ2) is 8.43. The molecule has 2 aromatic carbocycles. The molecule has 4 heteroatoms. The van der Waals surface area contributed by atoms with Gasteiger partial charge in [0.25, 0.3) is 0 Å². The van der Waals surface area contributed by atoms with Crippen LogP contribution in [-0.4, -0.2) is 29.5 Å². The Balaban J connectivity index is 1.62. The third-order valence-corrected chi connectivity index (χ3v) is 3.98. The first-order valence-electron chi connectivity index (χ1n) is 8.31. The molecule has 0 unspecified atom stereocenters. The highest BCUT2D eigenvalue weighted by Gasteiger charge is 2.11. The van der Waals surface area contributed by atoms with E-state index >= 15 is 0 Å². The van der Waals surface area contributed by atoms with Crippen molar-refractivity contribution in [3.05, 3.63) is 78.3 Å². The molecule has 0 aliphatic heterocycles. The summed E-state index contributed by atoms with van der Waals surface area (Å²) in [6, 6.07) is 20.5. The molecule has 0 spiro atoms. The predicted molar refractivity (Wildman–Crippen MR) is 96.4 cm³/mol. The SMILES string of the molecule is NCCN(CCc1ccccc1)Cc1ncc(-c2ccccc2)o1. The maximum Gasteiger partial charge on any atom is 0.209 e. The van der Waals surface area contributed by atoms with E-state index in [1.807, 2.05) is 36.4 Å². The molecule has 0 amide bonds. The molecule has 124 valence electrons. The Kier molecular flexibility index (Phi) is 5.77. The van der Waals surface area contributed by atoms with Gasteiger partial charge >= 0.3 is 0 Å². The minimum Gasteiger partial charge on any atom is -0.439 e. The topological polar surface area (TPSA) is 55.3 Å². The smallest absolute Gasteiger partial charge is 0.209 e. The van der Waals surface area contributed by atoms with Crippen LogP contribution in [0.5, 0.6) is 0 Å². The van der Waals surface area contributed by atoms with E-state index in [-0.39, 0.29) is 0 Å². The van der Waals surface area contributed by atoms with E-state index in [4.69, 9.17) is 10.2 Å². The Morgan fingerprint density at radius 2 is 1.62 bits per heavy atom. The lowest BCUT2D eigenvalue weighted by atomic mass is 10.1. The number of benzene rings is 2. The van der Waals surface area contributed by atoms with Crippen LogP contribution in [0.15, 0.2) is 71.3 Å². The molecule has 0 fully saturated rings. The molecule has 0 aliphatic rings. The van der Waals surface area contributed by atoms with Gasteiger partial charge in [-0.15, -0.1) is 0 Å². The van der Waals surface area contributed by atoms with E-state index in [0.29, 0.717) is 13.1 Å². The van der Waals surface area contributed by atoms with Gasteiger partial charge in [-0.25, -0.2) is 4.98 Å². The van der Waals surface area contributed by atoms with E-state index in [1.165, 1.54) is 5.56 Å². The maximum absolute atomic E-state index is 5.90. The zero-order valence-corrected chi connectivity index (χ0v) is 13.8. The van der Waals surface area contributed by atoms with Gasteiger partial charge in [0.15, 0.2) is 5.76 Å². The normalized spacial score (nSPS) is 11.1. The Labute approximate surface area is 142 Å². The van der Waals surface area contributed by atoms with E-state index in [9.17, 15) is 0 Å². The lowest BCUT2D eigenvalue weighted by Gasteiger charge is -2.19. The zero-order valence-electron chi connectivity index (χ0n) is 13.8. The van der Waals surface area contributed by atoms with Crippen molar-refractivity contribution in [3.63, 3.8) is 0 Å². The summed E-state index contributed by atoms with van der Waals surface area (Å²) in [5.74, 6) is 1.54. The van der Waals surface area contributed by atoms with Crippen molar-refractivity contribution < 1.29 is 4.42 Å². The highest BCUT2D eigenvalue weighted by molar-refractivity contribution is 5.55. The van der Waals surface area contributed by atoms with Gasteiger partial charge < -0.3 is 10.2 Å². The number of oxazole rings is 1. The van der Waals surface area contributed by atoms with Crippen molar-refractivity contribution in [2.45, 2.75) is 13.0 Å². The Morgan fingerprint density at radius 3 is 2.33 bits per heavy atom. The van der Waals surface area contributed by atoms with Crippen molar-refractivity contribution in [3.8, 4) is 11.3 Å². The molecule has 4 nitrogen and oxygen atoms in total. The monoisotopic (exact) mass is 321 g/mol. The lowest BCUT2D eigenvalue weighted by Crippen LogP contribution is -2.31. The molecule has 24 heavy (non-hydrogen) atoms. The van der Waals surface area contributed by atoms with Crippen LogP contribution in [0, 0.1) is 0 Å². The number of rotatable bonds is 8. The average molecular weight is 321 g/mol. The third kappa shape index (κ3) is 4.54. The Hall–Kier alpha value is -2.43. The fourth-order valence-electron chi connectivity index (χ4n) is 2.69. The van der Waals surface area contributed by atoms with Crippen LogP contribution in [0.4, 0.5) is 0 Å². The van der Waals surface area contributed by atoms with Crippen LogP contribution in [-0.2, 0) is 13.0 Å². The van der Waals surface area contributed by atoms with Gasteiger partial charge in [0, 0.05) is 25.2 Å². The molecule has 2 N–H and O–H groups in total. The molecule has 0 saturated carbocycles. The molecule has 3 aromatic rings. The number of nitrogens with two attached hydrogens (primary N) is 1. The van der Waals surface area contributed by atoms with Crippen LogP contribution in [0.2, 0.25) is 0 Å². The first kappa shape index (κ1) is 16.4. The molecule has 0 radical (unpaired) electrons. The number of hydrogen-bond donors (Lipinski definition) is 1. The quantitative estimate of drug-likeness (QED) is 0.691. The Bertz CT molecular complexity index is 725. The highest BCUT2D eigenvalue weighted by Crippen LogP contribution is 2.20. The van der Waals surface area contributed by atoms with E-state index < -0.39 is 0 Å². The van der Waals surface area contributed by atoms with Crippen molar-refractivity contribution in [1.29, 1.82) is 0 Å². The van der Waals surface area contributed by atoms with Crippen molar-refractivity contribution in [1.82, 2.24) is 9.88 Å². The molecule has 0 saturated heterocycles. The maximum atomic E-state index is 5.90. The van der Waals surface area contributed by atoms with E-state index in [0.717, 1.165) is 36.7 Å². The van der Waals surface area contributed by atoms with Gasteiger partial charge in [-0.3, -0.25) is 4.90 Å². The van der Waals surface area contributed by atoms with Gasteiger partial charge in [0.1, 0.15) is 0 Å². The molecule has 0 bridgehead atoms.